The standard InChI is InChI=1S/C5H12O2S2/c1-2-9(6,7)5-3-4-8/h8H,2-5H2,1H3. The lowest BCUT2D eigenvalue weighted by Crippen LogP contribution is -2.08. The van der Waals surface area contributed by atoms with Crippen molar-refractivity contribution in [1.29, 1.82) is 0 Å². The highest BCUT2D eigenvalue weighted by Gasteiger charge is 2.04. The summed E-state index contributed by atoms with van der Waals surface area (Å²) >= 11 is 3.91. The van der Waals surface area contributed by atoms with Crippen molar-refractivity contribution in [3.63, 3.8) is 0 Å². The molecule has 0 aromatic rings. The molecule has 0 bridgehead atoms. The second-order valence-electron chi connectivity index (χ2n) is 1.81. The molecule has 0 aromatic carbocycles. The Morgan fingerprint density at radius 3 is 2.33 bits per heavy atom. The molecule has 9 heavy (non-hydrogen) atoms. The smallest absolute Gasteiger partial charge is 0.150 e. The van der Waals surface area contributed by atoms with Crippen LogP contribution in [0, 0.1) is 0 Å². The van der Waals surface area contributed by atoms with Crippen molar-refractivity contribution in [2.75, 3.05) is 17.3 Å². The number of thiol groups is 1. The summed E-state index contributed by atoms with van der Waals surface area (Å²) in [5, 5.41) is 0. The van der Waals surface area contributed by atoms with Crippen LogP contribution in [0.5, 0.6) is 0 Å². The van der Waals surface area contributed by atoms with E-state index in [0.29, 0.717) is 12.2 Å². The van der Waals surface area contributed by atoms with Gasteiger partial charge in [0.2, 0.25) is 0 Å². The highest BCUT2D eigenvalue weighted by Crippen LogP contribution is 1.93. The second-order valence-corrected chi connectivity index (χ2v) is 4.73. The molecule has 0 aliphatic rings. The van der Waals surface area contributed by atoms with Gasteiger partial charge in [0.15, 0.2) is 0 Å². The van der Waals surface area contributed by atoms with Gasteiger partial charge in [-0.15, -0.1) is 0 Å². The molecule has 0 N–H and O–H groups in total. The first-order valence-corrected chi connectivity index (χ1v) is 5.39. The summed E-state index contributed by atoms with van der Waals surface area (Å²) in [5.41, 5.74) is 0. The van der Waals surface area contributed by atoms with Gasteiger partial charge >= 0.3 is 0 Å². The van der Waals surface area contributed by atoms with Crippen LogP contribution < -0.4 is 0 Å². The van der Waals surface area contributed by atoms with E-state index < -0.39 is 9.84 Å². The van der Waals surface area contributed by atoms with Gasteiger partial charge in [-0.2, -0.15) is 12.6 Å². The Labute approximate surface area is 62.0 Å². The fraction of sp³-hybridized carbons (Fsp3) is 1.00. The first-order valence-electron chi connectivity index (χ1n) is 2.93. The topological polar surface area (TPSA) is 34.1 Å². The second kappa shape index (κ2) is 4.17. The maximum atomic E-state index is 10.7. The van der Waals surface area contributed by atoms with E-state index in [0.717, 1.165) is 0 Å². The lowest BCUT2D eigenvalue weighted by Gasteiger charge is -1.95. The van der Waals surface area contributed by atoms with Gasteiger partial charge in [0.05, 0.1) is 5.75 Å². The first kappa shape index (κ1) is 9.30. The Hall–Kier alpha value is 0.300. The minimum Gasteiger partial charge on any atom is -0.229 e. The van der Waals surface area contributed by atoms with Crippen LogP contribution in [0.3, 0.4) is 0 Å². The van der Waals surface area contributed by atoms with Gasteiger partial charge in [0, 0.05) is 5.75 Å². The zero-order chi connectivity index (χ0) is 7.33. The molecule has 0 radical (unpaired) electrons. The van der Waals surface area contributed by atoms with Gasteiger partial charge in [-0.05, 0) is 12.2 Å². The van der Waals surface area contributed by atoms with E-state index in [1.807, 2.05) is 0 Å². The van der Waals surface area contributed by atoms with Gasteiger partial charge < -0.3 is 0 Å². The van der Waals surface area contributed by atoms with Crippen LogP contribution >= 0.6 is 12.6 Å². The molecule has 0 amide bonds. The number of hydrogen-bond donors (Lipinski definition) is 1. The van der Waals surface area contributed by atoms with E-state index in [2.05, 4.69) is 12.6 Å². The number of hydrogen-bond acceptors (Lipinski definition) is 3. The molecule has 0 spiro atoms. The molecule has 56 valence electrons. The molecule has 0 atom stereocenters. The summed E-state index contributed by atoms with van der Waals surface area (Å²) in [6.45, 7) is 1.66. The maximum Gasteiger partial charge on any atom is 0.150 e. The van der Waals surface area contributed by atoms with Crippen LogP contribution in [0.1, 0.15) is 13.3 Å². The molecule has 0 aliphatic heterocycles. The molecule has 0 rings (SSSR count). The molecular weight excluding hydrogens is 156 g/mol. The summed E-state index contributed by atoms with van der Waals surface area (Å²) in [4.78, 5) is 0. The fourth-order valence-corrected chi connectivity index (χ4v) is 1.67. The zero-order valence-electron chi connectivity index (χ0n) is 5.50. The molecule has 0 fully saturated rings. The molecule has 0 heterocycles. The molecule has 0 aliphatic carbocycles. The highest BCUT2D eigenvalue weighted by molar-refractivity contribution is 7.91. The van der Waals surface area contributed by atoms with Gasteiger partial charge in [0.25, 0.3) is 0 Å². The van der Waals surface area contributed by atoms with Crippen molar-refractivity contribution in [2.45, 2.75) is 13.3 Å². The molecule has 2 nitrogen and oxygen atoms in total. The molecule has 0 saturated carbocycles. The number of rotatable bonds is 4. The Morgan fingerprint density at radius 1 is 1.44 bits per heavy atom. The minimum absolute atomic E-state index is 0.251. The lowest BCUT2D eigenvalue weighted by atomic mass is 10.6. The van der Waals surface area contributed by atoms with Gasteiger partial charge in [-0.25, -0.2) is 8.42 Å². The van der Waals surface area contributed by atoms with Crippen LogP contribution in [-0.2, 0) is 9.84 Å². The summed E-state index contributed by atoms with van der Waals surface area (Å²) in [6.07, 6.45) is 0.666. The molecule has 0 saturated heterocycles. The normalized spacial score (nSPS) is 11.8. The van der Waals surface area contributed by atoms with E-state index in [1.54, 1.807) is 6.92 Å². The zero-order valence-corrected chi connectivity index (χ0v) is 7.21. The quantitative estimate of drug-likeness (QED) is 0.628. The molecule has 4 heteroatoms. The SMILES string of the molecule is CCS(=O)(=O)CCCS. The van der Waals surface area contributed by atoms with Crippen LogP contribution in [0.25, 0.3) is 0 Å². The van der Waals surface area contributed by atoms with Gasteiger partial charge in [-0.1, -0.05) is 6.92 Å². The first-order chi connectivity index (χ1) is 4.12. The van der Waals surface area contributed by atoms with E-state index in [1.165, 1.54) is 0 Å². The maximum absolute atomic E-state index is 10.7. The van der Waals surface area contributed by atoms with E-state index >= 15 is 0 Å². The molecule has 0 aromatic heterocycles. The van der Waals surface area contributed by atoms with Gasteiger partial charge in [0.1, 0.15) is 9.84 Å². The summed E-state index contributed by atoms with van der Waals surface area (Å²) in [5.74, 6) is 1.19. The van der Waals surface area contributed by atoms with Gasteiger partial charge in [-0.3, -0.25) is 0 Å². The van der Waals surface area contributed by atoms with Crippen molar-refractivity contribution in [3.8, 4) is 0 Å². The van der Waals surface area contributed by atoms with Crippen molar-refractivity contribution >= 4 is 22.5 Å². The predicted octanol–water partition coefficient (Wildman–Crippen LogP) is 0.741. The Balaban J connectivity index is 3.61. The van der Waals surface area contributed by atoms with Crippen molar-refractivity contribution in [1.82, 2.24) is 0 Å². The Kier molecular flexibility index (Phi) is 4.31. The van der Waals surface area contributed by atoms with E-state index in [-0.39, 0.29) is 11.5 Å². The average molecular weight is 168 g/mol. The largest absolute Gasteiger partial charge is 0.229 e. The third kappa shape index (κ3) is 4.78. The van der Waals surface area contributed by atoms with Crippen molar-refractivity contribution in [2.24, 2.45) is 0 Å². The van der Waals surface area contributed by atoms with Crippen molar-refractivity contribution in [3.05, 3.63) is 0 Å². The van der Waals surface area contributed by atoms with Crippen LogP contribution in [0.4, 0.5) is 0 Å². The third-order valence-electron chi connectivity index (χ3n) is 1.05. The molecule has 0 unspecified atom stereocenters. The Bertz CT molecular complexity index is 148. The minimum atomic E-state index is -2.73. The summed E-state index contributed by atoms with van der Waals surface area (Å²) in [6, 6.07) is 0. The number of sulfone groups is 1. The summed E-state index contributed by atoms with van der Waals surface area (Å²) in [7, 11) is -2.73. The highest BCUT2D eigenvalue weighted by atomic mass is 32.2. The van der Waals surface area contributed by atoms with Crippen LogP contribution in [0.15, 0.2) is 0 Å². The predicted molar refractivity (Wildman–Crippen MR) is 42.8 cm³/mol. The fourth-order valence-electron chi connectivity index (χ4n) is 0.429. The van der Waals surface area contributed by atoms with E-state index in [9.17, 15) is 8.42 Å². The summed E-state index contributed by atoms with van der Waals surface area (Å²) < 4.78 is 21.4. The lowest BCUT2D eigenvalue weighted by molar-refractivity contribution is 0.596. The van der Waals surface area contributed by atoms with Crippen LogP contribution in [-0.4, -0.2) is 25.7 Å². The van der Waals surface area contributed by atoms with Crippen LogP contribution in [0.2, 0.25) is 0 Å². The third-order valence-corrected chi connectivity index (χ3v) is 3.16. The monoisotopic (exact) mass is 168 g/mol. The molecular formula is C5H12O2S2. The Morgan fingerprint density at radius 2 is 2.00 bits per heavy atom. The van der Waals surface area contributed by atoms with E-state index in [4.69, 9.17) is 0 Å². The van der Waals surface area contributed by atoms with Crippen molar-refractivity contribution < 1.29 is 8.42 Å². The average Bonchev–Trinajstić information content (AvgIpc) is 1.84.